The van der Waals surface area contributed by atoms with Crippen molar-refractivity contribution in [2.24, 2.45) is 0 Å². The van der Waals surface area contributed by atoms with Gasteiger partial charge in [-0.2, -0.15) is 0 Å². The van der Waals surface area contributed by atoms with Crippen molar-refractivity contribution in [1.29, 1.82) is 0 Å². The number of non-ortho nitro benzene ring substituents is 1. The summed E-state index contributed by atoms with van der Waals surface area (Å²) in [5, 5.41) is 18.9. The molecule has 0 aliphatic heterocycles. The average Bonchev–Trinajstić information content (AvgIpc) is 2.19. The second kappa shape index (κ2) is 5.14. The van der Waals surface area contributed by atoms with E-state index in [9.17, 15) is 10.1 Å². The molecule has 0 aliphatic carbocycles. The first kappa shape index (κ1) is 10.4. The largest absolute Gasteiger partial charge is 0.392 e. The summed E-state index contributed by atoms with van der Waals surface area (Å²) in [6.45, 7) is -0.00503. The van der Waals surface area contributed by atoms with E-state index in [0.717, 1.165) is 5.56 Å². The van der Waals surface area contributed by atoms with Gasteiger partial charge in [-0.1, -0.05) is 24.3 Å². The molecule has 4 heteroatoms. The fraction of sp³-hybridized carbons (Fsp3) is 0.200. The maximum Gasteiger partial charge on any atom is 0.269 e. The van der Waals surface area contributed by atoms with E-state index in [0.29, 0.717) is 6.42 Å². The summed E-state index contributed by atoms with van der Waals surface area (Å²) in [7, 11) is 0. The standard InChI is InChI=1S/C10H11NO3/c12-7-2-1-4-9-5-3-6-10(8-9)11(13)14/h1-3,5-6,8,12H,4,7H2/b2-1+. The number of nitro benzene ring substituents is 1. The quantitative estimate of drug-likeness (QED) is 0.449. The average molecular weight is 193 g/mol. The third-order valence-corrected chi connectivity index (χ3v) is 1.75. The minimum Gasteiger partial charge on any atom is -0.392 e. The lowest BCUT2D eigenvalue weighted by Gasteiger charge is -1.95. The molecule has 0 saturated carbocycles. The van der Waals surface area contributed by atoms with E-state index in [1.54, 1.807) is 18.2 Å². The Morgan fingerprint density at radius 1 is 1.43 bits per heavy atom. The van der Waals surface area contributed by atoms with Crippen LogP contribution in [0.2, 0.25) is 0 Å². The number of rotatable bonds is 4. The van der Waals surface area contributed by atoms with Crippen molar-refractivity contribution < 1.29 is 10.0 Å². The monoisotopic (exact) mass is 193 g/mol. The zero-order valence-corrected chi connectivity index (χ0v) is 7.59. The second-order valence-corrected chi connectivity index (χ2v) is 2.79. The number of allylic oxidation sites excluding steroid dienone is 1. The maximum absolute atomic E-state index is 10.4. The highest BCUT2D eigenvalue weighted by Gasteiger charge is 2.03. The molecule has 74 valence electrons. The minimum absolute atomic E-state index is 0.00503. The molecule has 0 heterocycles. The third kappa shape index (κ3) is 2.99. The zero-order chi connectivity index (χ0) is 10.4. The van der Waals surface area contributed by atoms with E-state index in [1.807, 2.05) is 6.07 Å². The van der Waals surface area contributed by atoms with Crippen molar-refractivity contribution in [3.63, 3.8) is 0 Å². The van der Waals surface area contributed by atoms with E-state index in [4.69, 9.17) is 5.11 Å². The Bertz CT molecular complexity index is 347. The van der Waals surface area contributed by atoms with Crippen LogP contribution in [0.5, 0.6) is 0 Å². The van der Waals surface area contributed by atoms with Crippen LogP contribution in [-0.2, 0) is 6.42 Å². The fourth-order valence-corrected chi connectivity index (χ4v) is 1.09. The highest BCUT2D eigenvalue weighted by Crippen LogP contribution is 2.13. The van der Waals surface area contributed by atoms with Gasteiger partial charge in [0.15, 0.2) is 0 Å². The van der Waals surface area contributed by atoms with Gasteiger partial charge in [0.05, 0.1) is 11.5 Å². The summed E-state index contributed by atoms with van der Waals surface area (Å²) in [5.74, 6) is 0. The number of nitrogens with zero attached hydrogens (tertiary/aromatic N) is 1. The molecule has 0 aliphatic rings. The molecule has 0 unspecified atom stereocenters. The summed E-state index contributed by atoms with van der Waals surface area (Å²) in [6, 6.07) is 6.45. The number of aliphatic hydroxyl groups is 1. The molecule has 0 bridgehead atoms. The van der Waals surface area contributed by atoms with Crippen molar-refractivity contribution in [2.75, 3.05) is 6.61 Å². The predicted molar refractivity (Wildman–Crippen MR) is 53.0 cm³/mol. The van der Waals surface area contributed by atoms with Crippen LogP contribution in [0.15, 0.2) is 36.4 Å². The number of hydrogen-bond acceptors (Lipinski definition) is 3. The van der Waals surface area contributed by atoms with E-state index in [2.05, 4.69) is 0 Å². The normalized spacial score (nSPS) is 10.6. The Balaban J connectivity index is 2.73. The van der Waals surface area contributed by atoms with Crippen molar-refractivity contribution in [3.05, 3.63) is 52.1 Å². The van der Waals surface area contributed by atoms with Crippen LogP contribution in [0.3, 0.4) is 0 Å². The van der Waals surface area contributed by atoms with Gasteiger partial charge in [-0.15, -0.1) is 0 Å². The van der Waals surface area contributed by atoms with Crippen molar-refractivity contribution in [2.45, 2.75) is 6.42 Å². The molecule has 0 fully saturated rings. The summed E-state index contributed by atoms with van der Waals surface area (Å²) in [6.07, 6.45) is 3.99. The molecular weight excluding hydrogens is 182 g/mol. The first-order valence-corrected chi connectivity index (χ1v) is 4.23. The molecule has 0 saturated heterocycles. The molecule has 1 N–H and O–H groups in total. The molecule has 0 radical (unpaired) electrons. The van der Waals surface area contributed by atoms with Gasteiger partial charge < -0.3 is 5.11 Å². The van der Waals surface area contributed by atoms with Crippen molar-refractivity contribution in [3.8, 4) is 0 Å². The molecule has 0 atom stereocenters. The van der Waals surface area contributed by atoms with E-state index in [-0.39, 0.29) is 12.3 Å². The van der Waals surface area contributed by atoms with Crippen molar-refractivity contribution in [1.82, 2.24) is 0 Å². The Hall–Kier alpha value is -1.68. The van der Waals surface area contributed by atoms with Gasteiger partial charge in [-0.05, 0) is 12.0 Å². The smallest absolute Gasteiger partial charge is 0.269 e. The molecule has 1 aromatic rings. The Labute approximate surface area is 81.6 Å². The lowest BCUT2D eigenvalue weighted by molar-refractivity contribution is -0.384. The first-order valence-electron chi connectivity index (χ1n) is 4.23. The van der Waals surface area contributed by atoms with Crippen LogP contribution in [0.1, 0.15) is 5.56 Å². The summed E-state index contributed by atoms with van der Waals surface area (Å²) < 4.78 is 0. The molecule has 4 nitrogen and oxygen atoms in total. The van der Waals surface area contributed by atoms with Gasteiger partial charge in [-0.25, -0.2) is 0 Å². The molecule has 0 aromatic heterocycles. The number of aliphatic hydroxyl groups excluding tert-OH is 1. The molecule has 0 amide bonds. The topological polar surface area (TPSA) is 63.4 Å². The van der Waals surface area contributed by atoms with Gasteiger partial charge in [-0.3, -0.25) is 10.1 Å². The number of hydrogen-bond donors (Lipinski definition) is 1. The molecule has 14 heavy (non-hydrogen) atoms. The van der Waals surface area contributed by atoms with Crippen LogP contribution in [-0.4, -0.2) is 16.6 Å². The Kier molecular flexibility index (Phi) is 3.82. The molecular formula is C10H11NO3. The Morgan fingerprint density at radius 3 is 2.86 bits per heavy atom. The summed E-state index contributed by atoms with van der Waals surface area (Å²) in [5.41, 5.74) is 0.962. The second-order valence-electron chi connectivity index (χ2n) is 2.79. The lowest BCUT2D eigenvalue weighted by atomic mass is 10.1. The predicted octanol–water partition coefficient (Wildman–Crippen LogP) is 1.69. The van der Waals surface area contributed by atoms with Crippen LogP contribution < -0.4 is 0 Å². The zero-order valence-electron chi connectivity index (χ0n) is 7.59. The van der Waals surface area contributed by atoms with Crippen LogP contribution in [0, 0.1) is 10.1 Å². The van der Waals surface area contributed by atoms with Gasteiger partial charge in [0.25, 0.3) is 5.69 Å². The van der Waals surface area contributed by atoms with Crippen LogP contribution in [0.25, 0.3) is 0 Å². The van der Waals surface area contributed by atoms with Crippen LogP contribution >= 0.6 is 0 Å². The summed E-state index contributed by atoms with van der Waals surface area (Å²) >= 11 is 0. The third-order valence-electron chi connectivity index (χ3n) is 1.75. The fourth-order valence-electron chi connectivity index (χ4n) is 1.09. The molecule has 0 spiro atoms. The van der Waals surface area contributed by atoms with Crippen molar-refractivity contribution >= 4 is 5.69 Å². The summed E-state index contributed by atoms with van der Waals surface area (Å²) in [4.78, 5) is 10.0. The number of nitro groups is 1. The Morgan fingerprint density at radius 2 is 2.21 bits per heavy atom. The first-order chi connectivity index (χ1) is 6.74. The lowest BCUT2D eigenvalue weighted by Crippen LogP contribution is -1.89. The highest BCUT2D eigenvalue weighted by molar-refractivity contribution is 5.35. The highest BCUT2D eigenvalue weighted by atomic mass is 16.6. The molecule has 1 aromatic carbocycles. The SMILES string of the molecule is O=[N+]([O-])c1cccc(C/C=C/CO)c1. The minimum atomic E-state index is -0.417. The van der Waals surface area contributed by atoms with E-state index >= 15 is 0 Å². The van der Waals surface area contributed by atoms with Gasteiger partial charge >= 0.3 is 0 Å². The number of benzene rings is 1. The van der Waals surface area contributed by atoms with E-state index in [1.165, 1.54) is 12.1 Å². The van der Waals surface area contributed by atoms with Gasteiger partial charge in [0.2, 0.25) is 0 Å². The molecule has 1 rings (SSSR count). The van der Waals surface area contributed by atoms with Gasteiger partial charge in [0.1, 0.15) is 0 Å². The van der Waals surface area contributed by atoms with E-state index < -0.39 is 4.92 Å². The van der Waals surface area contributed by atoms with Crippen LogP contribution in [0.4, 0.5) is 5.69 Å². The van der Waals surface area contributed by atoms with Gasteiger partial charge in [0, 0.05) is 12.1 Å². The maximum atomic E-state index is 10.4.